The van der Waals surface area contributed by atoms with Crippen LogP contribution < -0.4 is 5.32 Å². The van der Waals surface area contributed by atoms with Crippen molar-refractivity contribution in [3.05, 3.63) is 54.5 Å². The smallest absolute Gasteiger partial charge is 0.129 e. The number of aromatic nitrogens is 2. The fourth-order valence-corrected chi connectivity index (χ4v) is 1.14. The highest BCUT2D eigenvalue weighted by molar-refractivity contribution is 5.35. The first-order valence-corrected chi connectivity index (χ1v) is 5.21. The van der Waals surface area contributed by atoms with Crippen LogP contribution in [-0.4, -0.2) is 16.5 Å². The SMILES string of the molecule is C=C/C=C\C=C(/C)CNc1ccnc(C)n1. The lowest BCUT2D eigenvalue weighted by atomic mass is 10.2. The van der Waals surface area contributed by atoms with E-state index >= 15 is 0 Å². The predicted octanol–water partition coefficient (Wildman–Crippen LogP) is 2.89. The Morgan fingerprint density at radius 3 is 3.00 bits per heavy atom. The van der Waals surface area contributed by atoms with Crippen LogP contribution in [0.25, 0.3) is 0 Å². The molecule has 0 spiro atoms. The van der Waals surface area contributed by atoms with Crippen molar-refractivity contribution in [1.29, 1.82) is 0 Å². The van der Waals surface area contributed by atoms with Gasteiger partial charge < -0.3 is 5.32 Å². The number of rotatable bonds is 5. The second kappa shape index (κ2) is 6.56. The largest absolute Gasteiger partial charge is 0.366 e. The number of aryl methyl sites for hydroxylation is 1. The van der Waals surface area contributed by atoms with Crippen molar-refractivity contribution in [3.63, 3.8) is 0 Å². The molecule has 0 unspecified atom stereocenters. The Bertz CT molecular complexity index is 405. The minimum Gasteiger partial charge on any atom is -0.366 e. The average Bonchev–Trinajstić information content (AvgIpc) is 2.27. The fraction of sp³-hybridized carbons (Fsp3) is 0.231. The zero-order chi connectivity index (χ0) is 11.8. The molecule has 0 amide bonds. The van der Waals surface area contributed by atoms with Gasteiger partial charge in [-0.3, -0.25) is 0 Å². The van der Waals surface area contributed by atoms with E-state index in [1.54, 1.807) is 12.3 Å². The predicted molar refractivity (Wildman–Crippen MR) is 68.4 cm³/mol. The van der Waals surface area contributed by atoms with Crippen LogP contribution in [-0.2, 0) is 0 Å². The summed E-state index contributed by atoms with van der Waals surface area (Å²) in [5, 5.41) is 3.23. The molecule has 0 aliphatic rings. The fourth-order valence-electron chi connectivity index (χ4n) is 1.14. The van der Waals surface area contributed by atoms with E-state index in [4.69, 9.17) is 0 Å². The number of hydrogen-bond donors (Lipinski definition) is 1. The number of hydrogen-bond acceptors (Lipinski definition) is 3. The van der Waals surface area contributed by atoms with E-state index in [9.17, 15) is 0 Å². The number of nitrogens with one attached hydrogen (secondary N) is 1. The molecule has 1 aromatic rings. The third-order valence-electron chi connectivity index (χ3n) is 1.95. The molecule has 0 aliphatic heterocycles. The average molecular weight is 215 g/mol. The molecule has 1 aromatic heterocycles. The van der Waals surface area contributed by atoms with E-state index in [1.807, 2.05) is 31.2 Å². The van der Waals surface area contributed by atoms with Crippen molar-refractivity contribution >= 4 is 5.82 Å². The summed E-state index contributed by atoms with van der Waals surface area (Å²) in [5.74, 6) is 1.63. The first-order valence-electron chi connectivity index (χ1n) is 5.21. The van der Waals surface area contributed by atoms with Gasteiger partial charge in [0, 0.05) is 12.7 Å². The first-order chi connectivity index (χ1) is 7.72. The van der Waals surface area contributed by atoms with Gasteiger partial charge in [-0.25, -0.2) is 9.97 Å². The molecule has 3 heteroatoms. The zero-order valence-corrected chi connectivity index (χ0v) is 9.77. The molecular formula is C13H17N3. The maximum absolute atomic E-state index is 4.26. The van der Waals surface area contributed by atoms with Crippen LogP contribution in [0.1, 0.15) is 12.7 Å². The van der Waals surface area contributed by atoms with E-state index in [0.717, 1.165) is 18.2 Å². The Balaban J connectivity index is 2.48. The van der Waals surface area contributed by atoms with Crippen molar-refractivity contribution in [1.82, 2.24) is 9.97 Å². The maximum Gasteiger partial charge on any atom is 0.129 e. The van der Waals surface area contributed by atoms with Crippen LogP contribution in [0.5, 0.6) is 0 Å². The molecule has 0 saturated carbocycles. The molecule has 84 valence electrons. The molecule has 16 heavy (non-hydrogen) atoms. The Hall–Kier alpha value is -1.90. The van der Waals surface area contributed by atoms with Crippen molar-refractivity contribution in [2.24, 2.45) is 0 Å². The van der Waals surface area contributed by atoms with Crippen LogP contribution in [0.3, 0.4) is 0 Å². The Morgan fingerprint density at radius 2 is 2.31 bits per heavy atom. The minimum absolute atomic E-state index is 0.776. The second-order valence-electron chi connectivity index (χ2n) is 3.48. The topological polar surface area (TPSA) is 37.8 Å². The second-order valence-corrected chi connectivity index (χ2v) is 3.48. The molecule has 0 bridgehead atoms. The number of allylic oxidation sites excluding steroid dienone is 4. The number of nitrogens with zero attached hydrogens (tertiary/aromatic N) is 2. The van der Waals surface area contributed by atoms with Gasteiger partial charge in [0.2, 0.25) is 0 Å². The Morgan fingerprint density at radius 1 is 1.50 bits per heavy atom. The molecule has 0 fully saturated rings. The third-order valence-corrected chi connectivity index (χ3v) is 1.95. The van der Waals surface area contributed by atoms with Gasteiger partial charge in [0.05, 0.1) is 0 Å². The molecule has 0 aromatic carbocycles. The highest BCUT2D eigenvalue weighted by atomic mass is 15.0. The summed E-state index contributed by atoms with van der Waals surface area (Å²) in [4.78, 5) is 8.30. The maximum atomic E-state index is 4.26. The minimum atomic E-state index is 0.776. The lowest BCUT2D eigenvalue weighted by molar-refractivity contribution is 1.04. The van der Waals surface area contributed by atoms with Crippen LogP contribution in [0, 0.1) is 6.92 Å². The summed E-state index contributed by atoms with van der Waals surface area (Å²) in [6, 6.07) is 1.86. The van der Waals surface area contributed by atoms with Gasteiger partial charge in [0.1, 0.15) is 11.6 Å². The van der Waals surface area contributed by atoms with Crippen LogP contribution in [0.2, 0.25) is 0 Å². The summed E-state index contributed by atoms with van der Waals surface area (Å²) in [5.41, 5.74) is 1.23. The van der Waals surface area contributed by atoms with Gasteiger partial charge in [-0.1, -0.05) is 36.5 Å². The van der Waals surface area contributed by atoms with E-state index in [1.165, 1.54) is 5.57 Å². The van der Waals surface area contributed by atoms with Gasteiger partial charge in [-0.2, -0.15) is 0 Å². The lowest BCUT2D eigenvalue weighted by Crippen LogP contribution is -2.05. The summed E-state index contributed by atoms with van der Waals surface area (Å²) in [6.45, 7) is 8.33. The zero-order valence-electron chi connectivity index (χ0n) is 9.77. The third kappa shape index (κ3) is 4.55. The molecule has 0 radical (unpaired) electrons. The molecule has 0 atom stereocenters. The van der Waals surface area contributed by atoms with Gasteiger partial charge in [0.25, 0.3) is 0 Å². The van der Waals surface area contributed by atoms with Crippen molar-refractivity contribution < 1.29 is 0 Å². The van der Waals surface area contributed by atoms with Crippen molar-refractivity contribution in [3.8, 4) is 0 Å². The monoisotopic (exact) mass is 215 g/mol. The molecular weight excluding hydrogens is 198 g/mol. The van der Waals surface area contributed by atoms with Crippen LogP contribution >= 0.6 is 0 Å². The molecule has 0 saturated heterocycles. The van der Waals surface area contributed by atoms with E-state index in [-0.39, 0.29) is 0 Å². The summed E-state index contributed by atoms with van der Waals surface area (Å²) in [7, 11) is 0. The lowest BCUT2D eigenvalue weighted by Gasteiger charge is -2.05. The quantitative estimate of drug-likeness (QED) is 0.767. The van der Waals surface area contributed by atoms with Crippen molar-refractivity contribution in [2.75, 3.05) is 11.9 Å². The van der Waals surface area contributed by atoms with Crippen molar-refractivity contribution in [2.45, 2.75) is 13.8 Å². The van der Waals surface area contributed by atoms with Gasteiger partial charge >= 0.3 is 0 Å². The van der Waals surface area contributed by atoms with Crippen LogP contribution in [0.4, 0.5) is 5.82 Å². The van der Waals surface area contributed by atoms with Gasteiger partial charge in [0.15, 0.2) is 0 Å². The van der Waals surface area contributed by atoms with E-state index in [0.29, 0.717) is 0 Å². The van der Waals surface area contributed by atoms with E-state index in [2.05, 4.69) is 28.8 Å². The summed E-state index contributed by atoms with van der Waals surface area (Å²) >= 11 is 0. The van der Waals surface area contributed by atoms with Gasteiger partial charge in [-0.05, 0) is 19.9 Å². The number of anilines is 1. The summed E-state index contributed by atoms with van der Waals surface area (Å²) in [6.07, 6.45) is 9.42. The summed E-state index contributed by atoms with van der Waals surface area (Å²) < 4.78 is 0. The molecule has 1 heterocycles. The Labute approximate surface area is 96.6 Å². The highest BCUT2D eigenvalue weighted by Gasteiger charge is 1.94. The van der Waals surface area contributed by atoms with Crippen LogP contribution in [0.15, 0.2) is 48.7 Å². The molecule has 0 aliphatic carbocycles. The highest BCUT2D eigenvalue weighted by Crippen LogP contribution is 2.02. The Kier molecular flexibility index (Phi) is 4.99. The molecule has 1 N–H and O–H groups in total. The normalized spacial score (nSPS) is 11.8. The molecule has 1 rings (SSSR count). The molecule has 3 nitrogen and oxygen atoms in total. The first kappa shape index (κ1) is 12.2. The van der Waals surface area contributed by atoms with Gasteiger partial charge in [-0.15, -0.1) is 0 Å². The standard InChI is InChI=1S/C13H17N3/c1-4-5-6-7-11(2)10-15-13-8-9-14-12(3)16-13/h4-9H,1,10H2,2-3H3,(H,14,15,16)/b6-5-,11-7+. The van der Waals surface area contributed by atoms with E-state index < -0.39 is 0 Å².